The highest BCUT2D eigenvalue weighted by molar-refractivity contribution is 9.10. The van der Waals surface area contributed by atoms with Crippen LogP contribution in [0.4, 0.5) is 0 Å². The van der Waals surface area contributed by atoms with Gasteiger partial charge < -0.3 is 14.7 Å². The minimum Gasteiger partial charge on any atom is -0.342 e. The van der Waals surface area contributed by atoms with Crippen molar-refractivity contribution in [2.24, 2.45) is 17.3 Å². The van der Waals surface area contributed by atoms with Gasteiger partial charge in [0, 0.05) is 49.0 Å². The topological polar surface area (TPSA) is 43.9 Å². The normalized spacial score (nSPS) is 22.2. The largest absolute Gasteiger partial charge is 0.342 e. The molecule has 3 saturated heterocycles. The summed E-state index contributed by atoms with van der Waals surface area (Å²) in [6.45, 7) is 10.1. The predicted molar refractivity (Wildman–Crippen MR) is 176 cm³/mol. The van der Waals surface area contributed by atoms with Crippen molar-refractivity contribution in [2.75, 3.05) is 39.3 Å². The molecule has 3 aromatic carbocycles. The quantitative estimate of drug-likeness (QED) is 0.273. The fourth-order valence-electron chi connectivity index (χ4n) is 7.50. The van der Waals surface area contributed by atoms with Crippen molar-refractivity contribution in [1.82, 2.24) is 14.7 Å². The van der Waals surface area contributed by atoms with Gasteiger partial charge in [-0.05, 0) is 79.1 Å². The third-order valence-corrected chi connectivity index (χ3v) is 10.6. The van der Waals surface area contributed by atoms with Gasteiger partial charge in [-0.3, -0.25) is 9.59 Å². The third-order valence-electron chi connectivity index (χ3n) is 10.1. The summed E-state index contributed by atoms with van der Waals surface area (Å²) in [6, 6.07) is 28.0. The second kappa shape index (κ2) is 13.0. The molecule has 0 unspecified atom stereocenters. The van der Waals surface area contributed by atoms with E-state index in [1.54, 1.807) is 0 Å². The van der Waals surface area contributed by atoms with E-state index in [1.807, 2.05) is 13.8 Å². The number of amides is 2. The van der Waals surface area contributed by atoms with Crippen molar-refractivity contribution in [3.63, 3.8) is 0 Å². The Morgan fingerprint density at radius 2 is 1.44 bits per heavy atom. The van der Waals surface area contributed by atoms with Crippen LogP contribution in [-0.4, -0.2) is 65.8 Å². The van der Waals surface area contributed by atoms with Crippen LogP contribution in [0.3, 0.4) is 0 Å². The van der Waals surface area contributed by atoms with Crippen LogP contribution in [-0.2, 0) is 22.6 Å². The van der Waals surface area contributed by atoms with E-state index in [-0.39, 0.29) is 17.2 Å². The highest BCUT2D eigenvalue weighted by Crippen LogP contribution is 2.43. The molecule has 226 valence electrons. The number of nitrogens with zero attached hydrogens (tertiary/aromatic N) is 3. The minimum absolute atomic E-state index is 0.0245. The van der Waals surface area contributed by atoms with Gasteiger partial charge in [-0.2, -0.15) is 0 Å². The molecule has 3 heterocycles. The molecule has 0 bridgehead atoms. The van der Waals surface area contributed by atoms with E-state index in [2.05, 4.69) is 109 Å². The maximum atomic E-state index is 13.8. The Bertz CT molecular complexity index is 1400. The number of benzene rings is 3. The van der Waals surface area contributed by atoms with Crippen LogP contribution in [0.25, 0.3) is 0 Å². The molecule has 3 aromatic rings. The van der Waals surface area contributed by atoms with Gasteiger partial charge in [0.05, 0.1) is 5.41 Å². The zero-order chi connectivity index (χ0) is 30.0. The van der Waals surface area contributed by atoms with Crippen molar-refractivity contribution in [3.8, 4) is 0 Å². The standard InChI is InChI=1S/C37H44BrN3O2/c1-27(2)35(42)41-25-32(34(26-41)31-6-4-3-5-7-31)24-39-19-16-37(17-20-39)18-21-40(36(37)43)23-30-10-8-28(9-11-30)22-29-12-14-33(38)15-13-29/h3-15,27,32,34H,16-26H2,1-2H3/t32-,34+/m0/s1. The summed E-state index contributed by atoms with van der Waals surface area (Å²) < 4.78 is 1.10. The Kier molecular flexibility index (Phi) is 9.06. The summed E-state index contributed by atoms with van der Waals surface area (Å²) >= 11 is 3.51. The number of halogens is 1. The average molecular weight is 643 g/mol. The van der Waals surface area contributed by atoms with Crippen molar-refractivity contribution < 1.29 is 9.59 Å². The lowest BCUT2D eigenvalue weighted by Gasteiger charge is -2.39. The molecule has 43 heavy (non-hydrogen) atoms. The first-order valence-corrected chi connectivity index (χ1v) is 16.8. The lowest BCUT2D eigenvalue weighted by Crippen LogP contribution is -2.46. The minimum atomic E-state index is -0.202. The van der Waals surface area contributed by atoms with Gasteiger partial charge in [0.25, 0.3) is 0 Å². The van der Waals surface area contributed by atoms with Gasteiger partial charge >= 0.3 is 0 Å². The number of hydrogen-bond donors (Lipinski definition) is 0. The molecule has 3 fully saturated rings. The molecule has 0 aromatic heterocycles. The summed E-state index contributed by atoms with van der Waals surface area (Å²) in [5, 5.41) is 0. The van der Waals surface area contributed by atoms with Crippen LogP contribution in [0.1, 0.15) is 61.3 Å². The SMILES string of the molecule is CC(C)C(=O)N1C[C@H](CN2CCC3(CC2)CCN(Cc2ccc(Cc4ccc(Br)cc4)cc2)C3=O)[C@@H](c2ccccc2)C1. The molecule has 1 spiro atoms. The summed E-state index contributed by atoms with van der Waals surface area (Å²) in [4.78, 5) is 33.4. The molecule has 2 amide bonds. The zero-order valence-electron chi connectivity index (χ0n) is 25.6. The highest BCUT2D eigenvalue weighted by Gasteiger charge is 2.48. The second-order valence-electron chi connectivity index (χ2n) is 13.4. The number of carbonyl (C=O) groups is 2. The molecule has 3 aliphatic heterocycles. The molecule has 0 aliphatic carbocycles. The first-order valence-electron chi connectivity index (χ1n) is 16.0. The van der Waals surface area contributed by atoms with Crippen LogP contribution in [0.2, 0.25) is 0 Å². The second-order valence-corrected chi connectivity index (χ2v) is 14.3. The van der Waals surface area contributed by atoms with Crippen molar-refractivity contribution >= 4 is 27.7 Å². The van der Waals surface area contributed by atoms with Crippen molar-refractivity contribution in [2.45, 2.75) is 52.0 Å². The third kappa shape index (κ3) is 6.76. The summed E-state index contributed by atoms with van der Waals surface area (Å²) in [5.41, 5.74) is 4.92. The molecule has 0 N–H and O–H groups in total. The zero-order valence-corrected chi connectivity index (χ0v) is 27.1. The fourth-order valence-corrected chi connectivity index (χ4v) is 7.77. The molecule has 0 radical (unpaired) electrons. The molecule has 3 aliphatic rings. The summed E-state index contributed by atoms with van der Waals surface area (Å²) in [5.74, 6) is 1.42. The molecule has 0 saturated carbocycles. The number of piperidine rings is 1. The Morgan fingerprint density at radius 3 is 2.09 bits per heavy atom. The molecule has 2 atom stereocenters. The molecule has 6 heteroatoms. The summed E-state index contributed by atoms with van der Waals surface area (Å²) in [7, 11) is 0. The van der Waals surface area contributed by atoms with Crippen molar-refractivity contribution in [1.29, 1.82) is 0 Å². The van der Waals surface area contributed by atoms with E-state index in [0.717, 1.165) is 69.4 Å². The van der Waals surface area contributed by atoms with Crippen LogP contribution in [0.5, 0.6) is 0 Å². The first kappa shape index (κ1) is 30.1. The van der Waals surface area contributed by atoms with Gasteiger partial charge in [-0.25, -0.2) is 0 Å². The monoisotopic (exact) mass is 641 g/mol. The van der Waals surface area contributed by atoms with Gasteiger partial charge in [0.1, 0.15) is 0 Å². The lowest BCUT2D eigenvalue weighted by atomic mass is 9.76. The Morgan fingerprint density at radius 1 is 0.837 bits per heavy atom. The maximum Gasteiger partial charge on any atom is 0.229 e. The fraction of sp³-hybridized carbons (Fsp3) is 0.459. The summed E-state index contributed by atoms with van der Waals surface area (Å²) in [6.07, 6.45) is 3.75. The molecular formula is C37H44BrN3O2. The highest BCUT2D eigenvalue weighted by atomic mass is 79.9. The van der Waals surface area contributed by atoms with E-state index in [1.165, 1.54) is 22.3 Å². The van der Waals surface area contributed by atoms with Gasteiger partial charge in [0.15, 0.2) is 0 Å². The molecular weight excluding hydrogens is 598 g/mol. The number of rotatable bonds is 8. The predicted octanol–water partition coefficient (Wildman–Crippen LogP) is 6.75. The Labute approximate surface area is 265 Å². The Hall–Kier alpha value is -2.96. The number of hydrogen-bond acceptors (Lipinski definition) is 3. The maximum absolute atomic E-state index is 13.8. The lowest BCUT2D eigenvalue weighted by molar-refractivity contribution is -0.139. The van der Waals surface area contributed by atoms with E-state index in [4.69, 9.17) is 0 Å². The van der Waals surface area contributed by atoms with Crippen LogP contribution < -0.4 is 0 Å². The van der Waals surface area contributed by atoms with E-state index < -0.39 is 0 Å². The molecule has 6 rings (SSSR count). The van der Waals surface area contributed by atoms with Crippen LogP contribution in [0, 0.1) is 17.3 Å². The van der Waals surface area contributed by atoms with Crippen molar-refractivity contribution in [3.05, 3.63) is 106 Å². The van der Waals surface area contributed by atoms with E-state index in [9.17, 15) is 9.59 Å². The van der Waals surface area contributed by atoms with Gasteiger partial charge in [-0.15, -0.1) is 0 Å². The van der Waals surface area contributed by atoms with Crippen LogP contribution in [0.15, 0.2) is 83.3 Å². The van der Waals surface area contributed by atoms with E-state index in [0.29, 0.717) is 24.3 Å². The first-order chi connectivity index (χ1) is 20.8. The van der Waals surface area contributed by atoms with E-state index >= 15 is 0 Å². The van der Waals surface area contributed by atoms with Gasteiger partial charge in [-0.1, -0.05) is 96.5 Å². The van der Waals surface area contributed by atoms with Gasteiger partial charge in [0.2, 0.25) is 11.8 Å². The number of likely N-dealkylation sites (tertiary alicyclic amines) is 3. The number of carbonyl (C=O) groups excluding carboxylic acids is 2. The molecule has 5 nitrogen and oxygen atoms in total. The smallest absolute Gasteiger partial charge is 0.229 e. The Balaban J connectivity index is 1.03. The average Bonchev–Trinajstić information content (AvgIpc) is 3.57. The van der Waals surface area contributed by atoms with Crippen LogP contribution >= 0.6 is 15.9 Å².